The first kappa shape index (κ1) is 55.8. The number of amides is 4. The zero-order chi connectivity index (χ0) is 49.3. The molecule has 0 bridgehead atoms. The van der Waals surface area contributed by atoms with E-state index in [1.54, 1.807) is 71.2 Å². The fourth-order valence-electron chi connectivity index (χ4n) is 7.57. The molecule has 0 radical (unpaired) electrons. The van der Waals surface area contributed by atoms with Crippen molar-refractivity contribution in [2.75, 3.05) is 229 Å². The number of rotatable bonds is 13. The first-order valence-corrected chi connectivity index (χ1v) is 23.7. The molecule has 1 N–H and O–H groups in total. The van der Waals surface area contributed by atoms with E-state index in [0.717, 1.165) is 17.1 Å². The molecule has 0 saturated carbocycles. The van der Waals surface area contributed by atoms with Crippen LogP contribution in [-0.4, -0.2) is 272 Å². The minimum Gasteiger partial charge on any atom is -0.495 e. The summed E-state index contributed by atoms with van der Waals surface area (Å²) in [6, 6.07) is 13.6. The highest BCUT2D eigenvalue weighted by molar-refractivity contribution is 5.93. The Hall–Kier alpha value is -4.80. The van der Waals surface area contributed by atoms with Crippen molar-refractivity contribution in [3.8, 4) is 11.5 Å². The molecule has 0 aromatic heterocycles. The van der Waals surface area contributed by atoms with Gasteiger partial charge in [-0.05, 0) is 24.3 Å². The smallest absolute Gasteiger partial charge is 0.238 e. The molecular formula is C48H80N10O10. The van der Waals surface area contributed by atoms with Crippen LogP contribution in [0.5, 0.6) is 11.5 Å². The number of methoxy groups -OCH3 is 2. The SMILES string of the molecule is COc1ccccc1N1CCOCCOCCN(c2ccc(NC(=O)CN3CCN(CC(=O)N(C)C)CCN(CC(=O)N(C)C)CCN(CC(=O)N(C)C)CC3)cc2OC)CCOCCOCC1. The summed E-state index contributed by atoms with van der Waals surface area (Å²) in [5.41, 5.74) is 2.41. The van der Waals surface area contributed by atoms with Gasteiger partial charge in [-0.1, -0.05) is 12.1 Å². The number of para-hydroxylation sites is 2. The number of ether oxygens (including phenoxy) is 6. The van der Waals surface area contributed by atoms with Crippen LogP contribution < -0.4 is 24.6 Å². The molecule has 20 heteroatoms. The summed E-state index contributed by atoms with van der Waals surface area (Å²) in [5.74, 6) is 1.12. The average molecular weight is 957 g/mol. The minimum absolute atomic E-state index is 0.0141. The second-order valence-corrected chi connectivity index (χ2v) is 17.5. The molecule has 2 aromatic rings. The van der Waals surface area contributed by atoms with Gasteiger partial charge < -0.3 is 58.2 Å². The summed E-state index contributed by atoms with van der Waals surface area (Å²) in [5, 5.41) is 3.08. The van der Waals surface area contributed by atoms with Gasteiger partial charge in [-0.3, -0.25) is 38.8 Å². The number of carbonyl (C=O) groups excluding carboxylic acids is 4. The van der Waals surface area contributed by atoms with Gasteiger partial charge in [-0.2, -0.15) is 0 Å². The average Bonchev–Trinajstić information content (AvgIpc) is 3.31. The lowest BCUT2D eigenvalue weighted by molar-refractivity contribution is -0.132. The predicted molar refractivity (Wildman–Crippen MR) is 264 cm³/mol. The first-order valence-electron chi connectivity index (χ1n) is 23.7. The zero-order valence-electron chi connectivity index (χ0n) is 42.1. The summed E-state index contributed by atoms with van der Waals surface area (Å²) < 4.78 is 35.5. The molecule has 2 heterocycles. The van der Waals surface area contributed by atoms with E-state index >= 15 is 0 Å². The molecule has 2 aromatic carbocycles. The van der Waals surface area contributed by atoms with Gasteiger partial charge in [0.15, 0.2) is 0 Å². The maximum absolute atomic E-state index is 13.8. The highest BCUT2D eigenvalue weighted by atomic mass is 16.5. The van der Waals surface area contributed by atoms with E-state index in [4.69, 9.17) is 28.4 Å². The highest BCUT2D eigenvalue weighted by Crippen LogP contribution is 2.31. The Morgan fingerprint density at radius 3 is 1.19 bits per heavy atom. The molecule has 0 aliphatic carbocycles. The summed E-state index contributed by atoms with van der Waals surface area (Å²) in [4.78, 5) is 69.9. The predicted octanol–water partition coefficient (Wildman–Crippen LogP) is 0.522. The number of benzene rings is 2. The van der Waals surface area contributed by atoms with Gasteiger partial charge in [0, 0.05) is 133 Å². The molecular weight excluding hydrogens is 877 g/mol. The van der Waals surface area contributed by atoms with Crippen molar-refractivity contribution in [1.29, 1.82) is 0 Å². The lowest BCUT2D eigenvalue weighted by atomic mass is 10.2. The minimum atomic E-state index is -0.206. The molecule has 4 rings (SSSR count). The Morgan fingerprint density at radius 2 is 0.824 bits per heavy atom. The van der Waals surface area contributed by atoms with E-state index in [1.807, 2.05) is 42.5 Å². The Kier molecular flexibility index (Phi) is 25.1. The van der Waals surface area contributed by atoms with Crippen LogP contribution in [0.3, 0.4) is 0 Å². The first-order chi connectivity index (χ1) is 32.8. The van der Waals surface area contributed by atoms with Crippen molar-refractivity contribution in [3.05, 3.63) is 42.5 Å². The van der Waals surface area contributed by atoms with Gasteiger partial charge in [0.25, 0.3) is 0 Å². The molecule has 382 valence electrons. The Labute approximate surface area is 404 Å². The van der Waals surface area contributed by atoms with E-state index in [2.05, 4.69) is 34.7 Å². The van der Waals surface area contributed by atoms with E-state index in [-0.39, 0.29) is 49.8 Å². The molecule has 20 nitrogen and oxygen atoms in total. The van der Waals surface area contributed by atoms with Crippen molar-refractivity contribution in [3.63, 3.8) is 0 Å². The van der Waals surface area contributed by atoms with Crippen LogP contribution in [0.15, 0.2) is 42.5 Å². The zero-order valence-corrected chi connectivity index (χ0v) is 42.1. The van der Waals surface area contributed by atoms with Crippen LogP contribution in [0, 0.1) is 0 Å². The quantitative estimate of drug-likeness (QED) is 0.296. The summed E-state index contributed by atoms with van der Waals surface area (Å²) >= 11 is 0. The van der Waals surface area contributed by atoms with Crippen molar-refractivity contribution in [2.45, 2.75) is 0 Å². The number of hydrogen-bond donors (Lipinski definition) is 1. The maximum atomic E-state index is 13.8. The number of hydrogen-bond acceptors (Lipinski definition) is 16. The van der Waals surface area contributed by atoms with Gasteiger partial charge in [-0.25, -0.2) is 0 Å². The monoisotopic (exact) mass is 957 g/mol. The van der Waals surface area contributed by atoms with Crippen LogP contribution in [-0.2, 0) is 38.1 Å². The normalized spacial score (nSPS) is 18.2. The van der Waals surface area contributed by atoms with E-state index in [1.165, 1.54) is 0 Å². The molecule has 0 spiro atoms. The van der Waals surface area contributed by atoms with Crippen molar-refractivity contribution in [1.82, 2.24) is 34.3 Å². The van der Waals surface area contributed by atoms with Crippen LogP contribution in [0.4, 0.5) is 17.1 Å². The van der Waals surface area contributed by atoms with Crippen molar-refractivity contribution >= 4 is 40.7 Å². The molecule has 68 heavy (non-hydrogen) atoms. The Balaban J connectivity index is 1.41. The van der Waals surface area contributed by atoms with Gasteiger partial charge in [0.05, 0.1) is 105 Å². The van der Waals surface area contributed by atoms with Gasteiger partial charge in [0.2, 0.25) is 23.6 Å². The highest BCUT2D eigenvalue weighted by Gasteiger charge is 2.23. The van der Waals surface area contributed by atoms with Crippen molar-refractivity contribution in [2.24, 2.45) is 0 Å². The Morgan fingerprint density at radius 1 is 0.471 bits per heavy atom. The molecule has 0 atom stereocenters. The third-order valence-electron chi connectivity index (χ3n) is 11.9. The van der Waals surface area contributed by atoms with Gasteiger partial charge in [-0.15, -0.1) is 0 Å². The summed E-state index contributed by atoms with van der Waals surface area (Å²) in [6.45, 7) is 11.2. The van der Waals surface area contributed by atoms with Crippen LogP contribution >= 0.6 is 0 Å². The molecule has 2 saturated heterocycles. The lowest BCUT2D eigenvalue weighted by Gasteiger charge is -2.34. The molecule has 2 aliphatic heterocycles. The Bertz CT molecular complexity index is 1770. The van der Waals surface area contributed by atoms with Crippen LogP contribution in [0.1, 0.15) is 0 Å². The largest absolute Gasteiger partial charge is 0.495 e. The third-order valence-corrected chi connectivity index (χ3v) is 11.9. The van der Waals surface area contributed by atoms with E-state index in [0.29, 0.717) is 143 Å². The van der Waals surface area contributed by atoms with Crippen molar-refractivity contribution < 1.29 is 47.6 Å². The third kappa shape index (κ3) is 20.0. The maximum Gasteiger partial charge on any atom is 0.238 e. The second-order valence-electron chi connectivity index (χ2n) is 17.5. The number of anilines is 3. The standard InChI is InChI=1S/C48H80N10O10/c1-50(2)46(60)37-54-17-15-53(16-18-55(38-47(61)51(3)4)20-22-56(21-19-54)39-48(62)52(5)6)36-45(59)49-40-13-14-42(44(35-40)64-8)58-25-29-67-33-31-65-27-23-57(24-28-66-32-34-68-30-26-58)41-11-9-10-12-43(41)63-7/h9-14,35H,15-34,36-39H2,1-8H3,(H,49,59). The van der Waals surface area contributed by atoms with E-state index < -0.39 is 0 Å². The fourth-order valence-corrected chi connectivity index (χ4v) is 7.57. The number of nitrogens with zero attached hydrogens (tertiary/aromatic N) is 9. The number of nitrogens with one attached hydrogen (secondary N) is 1. The summed E-state index contributed by atoms with van der Waals surface area (Å²) in [7, 11) is 13.7. The van der Waals surface area contributed by atoms with Gasteiger partial charge in [0.1, 0.15) is 11.5 Å². The molecule has 0 unspecified atom stereocenters. The van der Waals surface area contributed by atoms with Crippen LogP contribution in [0.2, 0.25) is 0 Å². The molecule has 2 fully saturated rings. The topological polar surface area (TPSA) is 165 Å². The number of carbonyl (C=O) groups is 4. The molecule has 4 amide bonds. The fraction of sp³-hybridized carbons (Fsp3) is 0.667. The van der Waals surface area contributed by atoms with E-state index in [9.17, 15) is 19.2 Å². The van der Waals surface area contributed by atoms with Crippen LogP contribution in [0.25, 0.3) is 0 Å². The second kappa shape index (κ2) is 30.6. The summed E-state index contributed by atoms with van der Waals surface area (Å²) in [6.07, 6.45) is 0. The lowest BCUT2D eigenvalue weighted by Crippen LogP contribution is -2.51. The number of likely N-dealkylation sites (N-methyl/N-ethyl adjacent to an activating group) is 3. The van der Waals surface area contributed by atoms with Gasteiger partial charge >= 0.3 is 0 Å². The molecule has 2 aliphatic rings.